The van der Waals surface area contributed by atoms with Crippen LogP contribution in [0.25, 0.3) is 10.9 Å². The summed E-state index contributed by atoms with van der Waals surface area (Å²) >= 11 is 6.83. The van der Waals surface area contributed by atoms with Crippen molar-refractivity contribution in [1.82, 2.24) is 4.98 Å². The summed E-state index contributed by atoms with van der Waals surface area (Å²) < 4.78 is 7.32. The smallest absolute Gasteiger partial charge is 0.305 e. The number of para-hydroxylation sites is 1. The molecule has 0 radical (unpaired) electrons. The van der Waals surface area contributed by atoms with E-state index < -0.39 is 12.0 Å². The van der Waals surface area contributed by atoms with E-state index in [4.69, 9.17) is 4.74 Å². The van der Waals surface area contributed by atoms with Crippen molar-refractivity contribution < 1.29 is 14.6 Å². The summed E-state index contributed by atoms with van der Waals surface area (Å²) in [5.74, 6) is -0.0535. The molecule has 1 heterocycles. The molecule has 1 aromatic heterocycles. The van der Waals surface area contributed by atoms with Gasteiger partial charge in [0.05, 0.1) is 5.52 Å². The van der Waals surface area contributed by atoms with Crippen LogP contribution in [0.15, 0.2) is 61.6 Å². The Labute approximate surface area is 172 Å². The number of nitrogens with one attached hydrogen (secondary N) is 1. The molecule has 27 heavy (non-hydrogen) atoms. The van der Waals surface area contributed by atoms with Crippen LogP contribution in [-0.2, 0) is 4.79 Å². The molecule has 3 aromatic rings. The van der Waals surface area contributed by atoms with Crippen LogP contribution in [0.1, 0.15) is 19.8 Å². The maximum absolute atomic E-state index is 12.5. The van der Waals surface area contributed by atoms with Gasteiger partial charge in [0, 0.05) is 14.3 Å². The van der Waals surface area contributed by atoms with Crippen LogP contribution in [0.3, 0.4) is 0 Å². The number of aromatic amines is 1. The van der Waals surface area contributed by atoms with Crippen molar-refractivity contribution in [1.29, 1.82) is 0 Å². The Balaban J connectivity index is 1.86. The molecule has 1 unspecified atom stereocenters. The largest absolute Gasteiger partial charge is 0.493 e. The van der Waals surface area contributed by atoms with Gasteiger partial charge in [-0.15, -0.1) is 10.2 Å². The third-order valence-electron chi connectivity index (χ3n) is 3.87. The highest BCUT2D eigenvalue weighted by Gasteiger charge is 2.20. The molecule has 3 rings (SSSR count). The van der Waals surface area contributed by atoms with Crippen LogP contribution in [0, 0.1) is 0 Å². The first-order valence-electron chi connectivity index (χ1n) is 8.36. The molecule has 0 saturated heterocycles. The number of H-pyrrole nitrogens is 1. The molecule has 0 spiro atoms. The Bertz CT molecular complexity index is 987. The van der Waals surface area contributed by atoms with Gasteiger partial charge in [0.1, 0.15) is 5.75 Å². The number of amides is 1. The van der Waals surface area contributed by atoms with Gasteiger partial charge in [0.15, 0.2) is 11.8 Å². The number of ether oxygens (including phenoxy) is 1. The molecule has 2 aromatic carbocycles. The molecule has 0 aliphatic heterocycles. The molecule has 140 valence electrons. The Morgan fingerprint density at radius 3 is 2.70 bits per heavy atom. The first kappa shape index (κ1) is 19.6. The number of rotatable bonds is 6. The van der Waals surface area contributed by atoms with Crippen LogP contribution < -0.4 is 4.74 Å². The van der Waals surface area contributed by atoms with Crippen molar-refractivity contribution in [2.75, 3.05) is 0 Å². The number of aromatic hydroxyl groups is 1. The predicted octanol–water partition coefficient (Wildman–Crippen LogP) is 6.26. The number of halogens is 2. The average molecular weight is 495 g/mol. The van der Waals surface area contributed by atoms with E-state index in [-0.39, 0.29) is 11.6 Å². The normalized spacial score (nSPS) is 12.6. The Kier molecular flexibility index (Phi) is 6.28. The summed E-state index contributed by atoms with van der Waals surface area (Å²) in [6.07, 6.45) is 0.549. The molecule has 1 amide bonds. The summed E-state index contributed by atoms with van der Waals surface area (Å²) in [6.45, 7) is 1.96. The minimum absolute atomic E-state index is 0.156. The molecule has 2 N–H and O–H groups in total. The average Bonchev–Trinajstić information content (AvgIpc) is 2.96. The lowest BCUT2D eigenvalue weighted by Crippen LogP contribution is -2.25. The minimum atomic E-state index is -0.730. The van der Waals surface area contributed by atoms with Crippen LogP contribution in [0.4, 0.5) is 5.69 Å². The fraction of sp³-hybridized carbons (Fsp3) is 0.211. The topological polar surface area (TPSA) is 87.0 Å². The zero-order chi connectivity index (χ0) is 19.4. The molecule has 1 atom stereocenters. The van der Waals surface area contributed by atoms with Crippen molar-refractivity contribution in [2.24, 2.45) is 10.2 Å². The number of hydrogen-bond donors (Lipinski definition) is 2. The highest BCUT2D eigenvalue weighted by atomic mass is 79.9. The van der Waals surface area contributed by atoms with Crippen LogP contribution in [-0.4, -0.2) is 22.1 Å². The number of carbonyl (C=O) groups excluding carboxylic acids is 1. The number of fused-ring (bicyclic) bond motifs is 1. The van der Waals surface area contributed by atoms with Crippen molar-refractivity contribution >= 4 is 54.4 Å². The van der Waals surface area contributed by atoms with Gasteiger partial charge in [0.25, 0.3) is 0 Å². The standard InChI is InChI=1S/C19H17Br2N3O3/c1-2-6-15(27-12-7-4-3-5-8-12)18(25)24-23-17-13-9-11(20)10-14(21)16(13)22-19(17)26/h3-5,7-10,15,22,26H,2,6H2,1H3. The van der Waals surface area contributed by atoms with E-state index in [9.17, 15) is 9.90 Å². The van der Waals surface area contributed by atoms with Crippen molar-refractivity contribution in [3.05, 3.63) is 51.4 Å². The van der Waals surface area contributed by atoms with Gasteiger partial charge in [0.2, 0.25) is 5.88 Å². The maximum Gasteiger partial charge on any atom is 0.305 e. The van der Waals surface area contributed by atoms with E-state index in [2.05, 4.69) is 47.1 Å². The lowest BCUT2D eigenvalue weighted by molar-refractivity contribution is -0.125. The monoisotopic (exact) mass is 493 g/mol. The lowest BCUT2D eigenvalue weighted by atomic mass is 10.2. The molecule has 0 saturated carbocycles. The third-order valence-corrected chi connectivity index (χ3v) is 4.96. The second-order valence-electron chi connectivity index (χ2n) is 5.88. The number of nitrogens with zero attached hydrogens (tertiary/aromatic N) is 2. The van der Waals surface area contributed by atoms with Gasteiger partial charge in [-0.3, -0.25) is 4.79 Å². The number of carbonyl (C=O) groups is 1. The first-order chi connectivity index (χ1) is 13.0. The fourth-order valence-corrected chi connectivity index (χ4v) is 3.94. The van der Waals surface area contributed by atoms with Gasteiger partial charge in [-0.1, -0.05) is 47.5 Å². The van der Waals surface area contributed by atoms with E-state index in [1.807, 2.05) is 31.2 Å². The van der Waals surface area contributed by atoms with Gasteiger partial charge in [-0.05, 0) is 46.6 Å². The quantitative estimate of drug-likeness (QED) is 0.396. The highest BCUT2D eigenvalue weighted by molar-refractivity contribution is 9.11. The zero-order valence-electron chi connectivity index (χ0n) is 14.4. The molecule has 0 bridgehead atoms. The van der Waals surface area contributed by atoms with Gasteiger partial charge in [-0.25, -0.2) is 0 Å². The van der Waals surface area contributed by atoms with Crippen molar-refractivity contribution in [2.45, 2.75) is 25.9 Å². The fourth-order valence-electron chi connectivity index (χ4n) is 2.62. The van der Waals surface area contributed by atoms with Crippen molar-refractivity contribution in [3.63, 3.8) is 0 Å². The van der Waals surface area contributed by atoms with E-state index in [1.54, 1.807) is 18.2 Å². The molecule has 6 nitrogen and oxygen atoms in total. The number of benzene rings is 2. The Morgan fingerprint density at radius 2 is 2.00 bits per heavy atom. The second-order valence-corrected chi connectivity index (χ2v) is 7.65. The van der Waals surface area contributed by atoms with Crippen LogP contribution in [0.2, 0.25) is 0 Å². The summed E-state index contributed by atoms with van der Waals surface area (Å²) in [7, 11) is 0. The summed E-state index contributed by atoms with van der Waals surface area (Å²) in [5, 5.41) is 18.6. The molecular formula is C19H17Br2N3O3. The number of azo groups is 1. The predicted molar refractivity (Wildman–Crippen MR) is 111 cm³/mol. The van der Waals surface area contributed by atoms with Crippen LogP contribution >= 0.6 is 31.9 Å². The molecule has 8 heteroatoms. The van der Waals surface area contributed by atoms with Crippen molar-refractivity contribution in [3.8, 4) is 11.6 Å². The van der Waals surface area contributed by atoms with Gasteiger partial charge < -0.3 is 14.8 Å². The van der Waals surface area contributed by atoms with Gasteiger partial charge in [-0.2, -0.15) is 0 Å². The zero-order valence-corrected chi connectivity index (χ0v) is 17.6. The molecule has 0 aliphatic rings. The second kappa shape index (κ2) is 8.67. The summed E-state index contributed by atoms with van der Waals surface area (Å²) in [5.41, 5.74) is 0.873. The summed E-state index contributed by atoms with van der Waals surface area (Å²) in [4.78, 5) is 15.4. The lowest BCUT2D eigenvalue weighted by Gasteiger charge is -2.14. The SMILES string of the molecule is CCCC(Oc1ccccc1)C(=O)N=Nc1c(O)[nH]c2c(Br)cc(Br)cc12. The molecule has 0 fully saturated rings. The molecule has 0 aliphatic carbocycles. The van der Waals surface area contributed by atoms with E-state index in [1.165, 1.54) is 0 Å². The summed E-state index contributed by atoms with van der Waals surface area (Å²) in [6, 6.07) is 12.8. The minimum Gasteiger partial charge on any atom is -0.493 e. The Morgan fingerprint density at radius 1 is 1.26 bits per heavy atom. The number of aromatic nitrogens is 1. The molecular weight excluding hydrogens is 478 g/mol. The number of hydrogen-bond acceptors (Lipinski definition) is 4. The third kappa shape index (κ3) is 4.56. The van der Waals surface area contributed by atoms with Crippen LogP contribution in [0.5, 0.6) is 11.6 Å². The highest BCUT2D eigenvalue weighted by Crippen LogP contribution is 2.40. The first-order valence-corrected chi connectivity index (χ1v) is 9.95. The van der Waals surface area contributed by atoms with E-state index in [0.717, 1.165) is 15.4 Å². The van der Waals surface area contributed by atoms with Gasteiger partial charge >= 0.3 is 5.91 Å². The maximum atomic E-state index is 12.5. The Hall–Kier alpha value is -2.19. The van der Waals surface area contributed by atoms with E-state index >= 15 is 0 Å². The van der Waals surface area contributed by atoms with E-state index in [0.29, 0.717) is 23.1 Å².